The molecule has 5 heteroatoms. The Morgan fingerprint density at radius 2 is 1.94 bits per heavy atom. The molecule has 0 unspecified atom stereocenters. The van der Waals surface area contributed by atoms with Gasteiger partial charge in [0.15, 0.2) is 0 Å². The first-order chi connectivity index (χ1) is 7.82. The number of carboxylic acid groups (broad SMARTS) is 1. The van der Waals surface area contributed by atoms with Crippen molar-refractivity contribution in [2.45, 2.75) is 26.8 Å². The van der Waals surface area contributed by atoms with E-state index in [1.165, 1.54) is 6.07 Å². The van der Waals surface area contributed by atoms with Gasteiger partial charge in [-0.2, -0.15) is 0 Å². The summed E-state index contributed by atoms with van der Waals surface area (Å²) in [4.78, 5) is 22.4. The molecule has 0 aliphatic heterocycles. The summed E-state index contributed by atoms with van der Waals surface area (Å²) in [5, 5.41) is 11.6. The number of aromatic carboxylic acids is 1. The van der Waals surface area contributed by atoms with Crippen LogP contribution in [0, 0.1) is 13.8 Å². The van der Waals surface area contributed by atoms with E-state index in [0.29, 0.717) is 11.3 Å². The highest BCUT2D eigenvalue weighted by Crippen LogP contribution is 2.20. The van der Waals surface area contributed by atoms with Crippen molar-refractivity contribution in [2.24, 2.45) is 5.73 Å². The van der Waals surface area contributed by atoms with Gasteiger partial charge in [0, 0.05) is 5.69 Å². The van der Waals surface area contributed by atoms with Crippen LogP contribution < -0.4 is 11.1 Å². The number of benzene rings is 1. The number of hydrogen-bond donors (Lipinski definition) is 3. The van der Waals surface area contributed by atoms with Crippen molar-refractivity contribution in [3.8, 4) is 0 Å². The van der Waals surface area contributed by atoms with E-state index in [0.717, 1.165) is 5.56 Å². The molecule has 0 saturated heterocycles. The predicted molar refractivity (Wildman–Crippen MR) is 65.2 cm³/mol. The van der Waals surface area contributed by atoms with Gasteiger partial charge >= 0.3 is 5.97 Å². The van der Waals surface area contributed by atoms with Crippen LogP contribution in [0.5, 0.6) is 0 Å². The van der Waals surface area contributed by atoms with Gasteiger partial charge < -0.3 is 16.2 Å². The van der Waals surface area contributed by atoms with Gasteiger partial charge in [-0.25, -0.2) is 4.79 Å². The molecule has 1 atom stereocenters. The number of anilines is 1. The fourth-order valence-corrected chi connectivity index (χ4v) is 1.41. The molecule has 1 amide bonds. The number of hydrogen-bond acceptors (Lipinski definition) is 3. The van der Waals surface area contributed by atoms with Gasteiger partial charge in [-0.3, -0.25) is 4.79 Å². The van der Waals surface area contributed by atoms with Crippen molar-refractivity contribution in [2.75, 3.05) is 5.32 Å². The molecular formula is C12H16N2O3. The van der Waals surface area contributed by atoms with E-state index >= 15 is 0 Å². The van der Waals surface area contributed by atoms with Crippen LogP contribution in [0.4, 0.5) is 5.69 Å². The van der Waals surface area contributed by atoms with Gasteiger partial charge in [0.05, 0.1) is 11.6 Å². The standard InChI is InChI=1S/C12H16N2O3/c1-6-4-9(14-11(15)8(3)13)5-10(7(6)2)12(16)17/h4-5,8H,13H2,1-3H3,(H,14,15)(H,16,17)/t8-/m0/s1. The van der Waals surface area contributed by atoms with Crippen LogP contribution >= 0.6 is 0 Å². The first-order valence-electron chi connectivity index (χ1n) is 5.24. The second-order valence-electron chi connectivity index (χ2n) is 4.05. The van der Waals surface area contributed by atoms with E-state index in [1.807, 2.05) is 0 Å². The topological polar surface area (TPSA) is 92.4 Å². The van der Waals surface area contributed by atoms with Gasteiger partial charge in [0.2, 0.25) is 5.91 Å². The lowest BCUT2D eigenvalue weighted by Crippen LogP contribution is -2.32. The third-order valence-corrected chi connectivity index (χ3v) is 2.58. The Morgan fingerprint density at radius 3 is 2.41 bits per heavy atom. The highest BCUT2D eigenvalue weighted by atomic mass is 16.4. The number of carbonyl (C=O) groups is 2. The summed E-state index contributed by atoms with van der Waals surface area (Å²) in [6, 6.07) is 2.53. The average Bonchev–Trinajstić information content (AvgIpc) is 2.22. The normalized spacial score (nSPS) is 12.0. The van der Waals surface area contributed by atoms with Gasteiger partial charge in [0.25, 0.3) is 0 Å². The molecule has 0 radical (unpaired) electrons. The number of aryl methyl sites for hydroxylation is 1. The van der Waals surface area contributed by atoms with E-state index in [-0.39, 0.29) is 11.5 Å². The molecule has 0 saturated carbocycles. The van der Waals surface area contributed by atoms with Crippen molar-refractivity contribution in [1.82, 2.24) is 0 Å². The van der Waals surface area contributed by atoms with Crippen molar-refractivity contribution in [3.63, 3.8) is 0 Å². The lowest BCUT2D eigenvalue weighted by Gasteiger charge is -2.11. The summed E-state index contributed by atoms with van der Waals surface area (Å²) >= 11 is 0. The Kier molecular flexibility index (Phi) is 3.85. The second-order valence-corrected chi connectivity index (χ2v) is 4.05. The van der Waals surface area contributed by atoms with E-state index in [4.69, 9.17) is 10.8 Å². The average molecular weight is 236 g/mol. The van der Waals surface area contributed by atoms with E-state index in [9.17, 15) is 9.59 Å². The summed E-state index contributed by atoms with van der Waals surface area (Å²) in [6.07, 6.45) is 0. The first-order valence-corrected chi connectivity index (χ1v) is 5.24. The molecule has 1 aromatic carbocycles. The molecule has 0 heterocycles. The molecule has 0 fully saturated rings. The monoisotopic (exact) mass is 236 g/mol. The van der Waals surface area contributed by atoms with Crippen LogP contribution in [-0.2, 0) is 4.79 Å². The minimum absolute atomic E-state index is 0.185. The Hall–Kier alpha value is -1.88. The molecule has 92 valence electrons. The third kappa shape index (κ3) is 3.04. The Balaban J connectivity index is 3.11. The fourth-order valence-electron chi connectivity index (χ4n) is 1.41. The van der Waals surface area contributed by atoms with Crippen molar-refractivity contribution in [3.05, 3.63) is 28.8 Å². The van der Waals surface area contributed by atoms with Gasteiger partial charge in [-0.15, -0.1) is 0 Å². The zero-order valence-corrected chi connectivity index (χ0v) is 10.1. The zero-order chi connectivity index (χ0) is 13.2. The predicted octanol–water partition coefficient (Wildman–Crippen LogP) is 1.29. The van der Waals surface area contributed by atoms with Crippen LogP contribution in [0.1, 0.15) is 28.4 Å². The lowest BCUT2D eigenvalue weighted by molar-refractivity contribution is -0.117. The molecule has 4 N–H and O–H groups in total. The maximum absolute atomic E-state index is 11.4. The molecule has 5 nitrogen and oxygen atoms in total. The number of amides is 1. The SMILES string of the molecule is Cc1cc(NC(=O)[C@H](C)N)cc(C(=O)O)c1C. The summed E-state index contributed by atoms with van der Waals surface area (Å²) in [5.41, 5.74) is 7.56. The van der Waals surface area contributed by atoms with Crippen molar-refractivity contribution >= 4 is 17.6 Å². The second kappa shape index (κ2) is 4.97. The van der Waals surface area contributed by atoms with Gasteiger partial charge in [0.1, 0.15) is 0 Å². The maximum atomic E-state index is 11.4. The van der Waals surface area contributed by atoms with E-state index in [1.54, 1.807) is 26.8 Å². The Labute approximate surface area is 99.6 Å². The van der Waals surface area contributed by atoms with Crippen LogP contribution in [-0.4, -0.2) is 23.0 Å². The summed E-state index contributed by atoms with van der Waals surface area (Å²) in [6.45, 7) is 5.09. The summed E-state index contributed by atoms with van der Waals surface area (Å²) in [7, 11) is 0. The lowest BCUT2D eigenvalue weighted by atomic mass is 10.0. The van der Waals surface area contributed by atoms with Gasteiger partial charge in [-0.05, 0) is 44.0 Å². The Morgan fingerprint density at radius 1 is 1.35 bits per heavy atom. The van der Waals surface area contributed by atoms with Crippen molar-refractivity contribution < 1.29 is 14.7 Å². The summed E-state index contributed by atoms with van der Waals surface area (Å²) < 4.78 is 0. The molecule has 17 heavy (non-hydrogen) atoms. The number of rotatable bonds is 3. The maximum Gasteiger partial charge on any atom is 0.336 e. The smallest absolute Gasteiger partial charge is 0.336 e. The van der Waals surface area contributed by atoms with Crippen LogP contribution in [0.25, 0.3) is 0 Å². The molecule has 0 aliphatic rings. The highest BCUT2D eigenvalue weighted by molar-refractivity contribution is 5.97. The minimum atomic E-state index is -1.01. The molecule has 0 spiro atoms. The number of carboxylic acids is 1. The summed E-state index contributed by atoms with van der Waals surface area (Å²) in [5.74, 6) is -1.35. The molecule has 0 bridgehead atoms. The fraction of sp³-hybridized carbons (Fsp3) is 0.333. The number of nitrogens with one attached hydrogen (secondary N) is 1. The van der Waals surface area contributed by atoms with Crippen LogP contribution in [0.15, 0.2) is 12.1 Å². The zero-order valence-electron chi connectivity index (χ0n) is 10.1. The largest absolute Gasteiger partial charge is 0.478 e. The minimum Gasteiger partial charge on any atom is -0.478 e. The highest BCUT2D eigenvalue weighted by Gasteiger charge is 2.13. The molecule has 1 rings (SSSR count). The Bertz CT molecular complexity index is 467. The molecule has 1 aromatic rings. The van der Waals surface area contributed by atoms with E-state index in [2.05, 4.69) is 5.32 Å². The molecular weight excluding hydrogens is 220 g/mol. The molecule has 0 aromatic heterocycles. The van der Waals surface area contributed by atoms with Gasteiger partial charge in [-0.1, -0.05) is 0 Å². The van der Waals surface area contributed by atoms with Crippen LogP contribution in [0.3, 0.4) is 0 Å². The number of carbonyl (C=O) groups excluding carboxylic acids is 1. The first kappa shape index (κ1) is 13.2. The quantitative estimate of drug-likeness (QED) is 0.737. The van der Waals surface area contributed by atoms with Crippen molar-refractivity contribution in [1.29, 1.82) is 0 Å². The number of nitrogens with two attached hydrogens (primary N) is 1. The molecule has 0 aliphatic carbocycles. The van der Waals surface area contributed by atoms with Crippen LogP contribution in [0.2, 0.25) is 0 Å². The van der Waals surface area contributed by atoms with E-state index < -0.39 is 12.0 Å². The third-order valence-electron chi connectivity index (χ3n) is 2.58.